The molecule has 3 heterocycles. The van der Waals surface area contributed by atoms with Crippen LogP contribution in [0.1, 0.15) is 31.3 Å². The molecule has 0 unspecified atom stereocenters. The fraction of sp³-hybridized carbons (Fsp3) is 0.409. The van der Waals surface area contributed by atoms with Gasteiger partial charge in [0, 0.05) is 5.69 Å². The lowest BCUT2D eigenvalue weighted by Crippen LogP contribution is -3.28. The van der Waals surface area contributed by atoms with E-state index in [2.05, 4.69) is 35.4 Å². The van der Waals surface area contributed by atoms with Crippen LogP contribution in [0.4, 0.5) is 5.69 Å². The molecule has 0 spiro atoms. The number of para-hydroxylation sites is 1. The summed E-state index contributed by atoms with van der Waals surface area (Å²) in [6.07, 6.45) is 0.910. The highest BCUT2D eigenvalue weighted by molar-refractivity contribution is 7.13. The number of piperazine rings is 1. The fourth-order valence-electron chi connectivity index (χ4n) is 3.99. The predicted molar refractivity (Wildman–Crippen MR) is 117 cm³/mol. The molecule has 1 aliphatic rings. The maximum atomic E-state index is 12.5. The van der Waals surface area contributed by atoms with E-state index < -0.39 is 0 Å². The Morgan fingerprint density at radius 1 is 1.17 bits per heavy atom. The molecule has 1 amide bonds. The second-order valence-corrected chi connectivity index (χ2v) is 8.74. The molecule has 1 fully saturated rings. The van der Waals surface area contributed by atoms with Crippen LogP contribution in [-0.2, 0) is 11.2 Å². The van der Waals surface area contributed by atoms with Gasteiger partial charge in [-0.2, -0.15) is 0 Å². The number of benzene rings is 1. The van der Waals surface area contributed by atoms with Crippen molar-refractivity contribution in [1.29, 1.82) is 0 Å². The molecule has 3 N–H and O–H groups in total. The maximum absolute atomic E-state index is 12.5. The van der Waals surface area contributed by atoms with Crippen molar-refractivity contribution in [3.8, 4) is 10.8 Å². The fourth-order valence-corrected chi connectivity index (χ4v) is 4.63. The summed E-state index contributed by atoms with van der Waals surface area (Å²) in [4.78, 5) is 16.3. The van der Waals surface area contributed by atoms with E-state index in [0.29, 0.717) is 18.3 Å². The first kappa shape index (κ1) is 20.7. The van der Waals surface area contributed by atoms with Gasteiger partial charge in [-0.3, -0.25) is 4.79 Å². The second kappa shape index (κ2) is 9.51. The zero-order chi connectivity index (χ0) is 20.9. The van der Waals surface area contributed by atoms with Gasteiger partial charge < -0.3 is 19.5 Å². The number of nitrogens with one attached hydrogen (secondary N) is 3. The van der Waals surface area contributed by atoms with Gasteiger partial charge in [0.15, 0.2) is 12.6 Å². The minimum atomic E-state index is 0.0832. The van der Waals surface area contributed by atoms with E-state index in [1.807, 2.05) is 35.7 Å². The first-order chi connectivity index (χ1) is 14.6. The minimum Gasteiger partial charge on any atom is -0.414 e. The third-order valence-corrected chi connectivity index (χ3v) is 6.70. The van der Waals surface area contributed by atoms with Crippen LogP contribution in [0.2, 0.25) is 0 Å². The van der Waals surface area contributed by atoms with E-state index >= 15 is 0 Å². The number of quaternary nitrogens is 2. The van der Waals surface area contributed by atoms with E-state index in [1.165, 1.54) is 15.4 Å². The normalized spacial score (nSPS) is 20.1. The Morgan fingerprint density at radius 2 is 1.97 bits per heavy atom. The number of anilines is 1. The summed E-state index contributed by atoms with van der Waals surface area (Å²) in [6.45, 7) is 8.61. The Kier molecular flexibility index (Phi) is 6.56. The third-order valence-electron chi connectivity index (χ3n) is 5.84. The second-order valence-electron chi connectivity index (χ2n) is 7.79. The molecule has 30 heavy (non-hydrogen) atoms. The largest absolute Gasteiger partial charge is 0.414 e. The molecule has 0 radical (unpaired) electrons. The molecule has 7 nitrogen and oxygen atoms in total. The average molecular weight is 428 g/mol. The number of carbonyl (C=O) groups is 1. The smallest absolute Gasteiger partial charge is 0.279 e. The number of amides is 1. The van der Waals surface area contributed by atoms with Crippen molar-refractivity contribution in [2.75, 3.05) is 38.0 Å². The lowest BCUT2D eigenvalue weighted by molar-refractivity contribution is -1.02. The van der Waals surface area contributed by atoms with Crippen LogP contribution >= 0.6 is 11.3 Å². The highest BCUT2D eigenvalue weighted by Gasteiger charge is 2.32. The number of hydrogen-bond donors (Lipinski definition) is 3. The number of rotatable bonds is 7. The zero-order valence-corrected chi connectivity index (χ0v) is 18.3. The van der Waals surface area contributed by atoms with Crippen LogP contribution in [0.3, 0.4) is 0 Å². The molecule has 1 atom stereocenters. The lowest BCUT2D eigenvalue weighted by Gasteiger charge is -2.31. The van der Waals surface area contributed by atoms with Crippen molar-refractivity contribution in [2.24, 2.45) is 0 Å². The van der Waals surface area contributed by atoms with Crippen LogP contribution in [-0.4, -0.2) is 48.8 Å². The van der Waals surface area contributed by atoms with Crippen LogP contribution in [0.15, 0.2) is 46.2 Å². The predicted octanol–water partition coefficient (Wildman–Crippen LogP) is 0.844. The van der Waals surface area contributed by atoms with E-state index in [-0.39, 0.29) is 11.9 Å². The molecule has 3 aromatic rings. The van der Waals surface area contributed by atoms with Crippen LogP contribution in [0.25, 0.3) is 10.8 Å². The maximum Gasteiger partial charge on any atom is 0.279 e. The molecule has 0 aliphatic carbocycles. The summed E-state index contributed by atoms with van der Waals surface area (Å²) in [7, 11) is 0. The number of aromatic nitrogens is 2. The van der Waals surface area contributed by atoms with Gasteiger partial charge in [-0.1, -0.05) is 31.2 Å². The van der Waals surface area contributed by atoms with Crippen LogP contribution in [0, 0.1) is 0 Å². The standard InChI is InChI=1S/C22H27N5O2S/c1-3-17-7-4-5-8-18(17)23-20(28)15-26-10-12-27(13-11-26)16(2)21-24-25-22(29-21)19-9-6-14-30-19/h4-9,14,16H,3,10-13,15H2,1-2H3,(H,23,28)/p+2/t16-/m1/s1. The Labute approximate surface area is 180 Å². The SMILES string of the molecule is CCc1ccccc1NC(=O)C[NH+]1CC[NH+]([C@H](C)c2nnc(-c3cccs3)o2)CC1. The minimum absolute atomic E-state index is 0.0832. The lowest BCUT2D eigenvalue weighted by atomic mass is 10.1. The summed E-state index contributed by atoms with van der Waals surface area (Å²) in [5.74, 6) is 1.37. The van der Waals surface area contributed by atoms with Crippen molar-refractivity contribution >= 4 is 22.9 Å². The van der Waals surface area contributed by atoms with Gasteiger partial charge in [0.25, 0.3) is 17.7 Å². The Balaban J connectivity index is 1.28. The van der Waals surface area contributed by atoms with Gasteiger partial charge in [-0.15, -0.1) is 21.5 Å². The molecule has 1 aliphatic heterocycles. The first-order valence-corrected chi connectivity index (χ1v) is 11.4. The summed E-state index contributed by atoms with van der Waals surface area (Å²) in [5, 5.41) is 13.6. The summed E-state index contributed by atoms with van der Waals surface area (Å²) in [5.41, 5.74) is 2.10. The molecule has 4 rings (SSSR count). The van der Waals surface area contributed by atoms with Gasteiger partial charge in [0.1, 0.15) is 26.2 Å². The molecule has 158 valence electrons. The van der Waals surface area contributed by atoms with Gasteiger partial charge in [-0.05, 0) is 36.4 Å². The van der Waals surface area contributed by atoms with Crippen molar-refractivity contribution in [3.05, 3.63) is 53.2 Å². The van der Waals surface area contributed by atoms with Crippen LogP contribution in [0.5, 0.6) is 0 Å². The number of thiophene rings is 1. The average Bonchev–Trinajstić information content (AvgIpc) is 3.46. The van der Waals surface area contributed by atoms with Crippen molar-refractivity contribution in [2.45, 2.75) is 26.3 Å². The van der Waals surface area contributed by atoms with Crippen LogP contribution < -0.4 is 15.1 Å². The molecule has 0 saturated carbocycles. The molecule has 1 saturated heterocycles. The first-order valence-electron chi connectivity index (χ1n) is 10.6. The quantitative estimate of drug-likeness (QED) is 0.522. The number of hydrogen-bond acceptors (Lipinski definition) is 5. The molecule has 8 heteroatoms. The topological polar surface area (TPSA) is 76.9 Å². The molecular formula is C22H29N5O2S+2. The van der Waals surface area contributed by atoms with Gasteiger partial charge in [0.2, 0.25) is 0 Å². The van der Waals surface area contributed by atoms with Crippen molar-refractivity contribution in [1.82, 2.24) is 10.2 Å². The van der Waals surface area contributed by atoms with Gasteiger partial charge in [-0.25, -0.2) is 0 Å². The summed E-state index contributed by atoms with van der Waals surface area (Å²) < 4.78 is 5.92. The van der Waals surface area contributed by atoms with E-state index in [0.717, 1.165) is 43.2 Å². The van der Waals surface area contributed by atoms with Crippen molar-refractivity contribution < 1.29 is 19.0 Å². The summed E-state index contributed by atoms with van der Waals surface area (Å²) in [6, 6.07) is 12.1. The monoisotopic (exact) mass is 427 g/mol. The number of carbonyl (C=O) groups excluding carboxylic acids is 1. The highest BCUT2D eigenvalue weighted by Crippen LogP contribution is 2.24. The summed E-state index contributed by atoms with van der Waals surface area (Å²) >= 11 is 1.60. The highest BCUT2D eigenvalue weighted by atomic mass is 32.1. The molecule has 0 bridgehead atoms. The Hall–Kier alpha value is -2.55. The third kappa shape index (κ3) is 4.77. The van der Waals surface area contributed by atoms with E-state index in [4.69, 9.17) is 4.42 Å². The molecule has 2 aromatic heterocycles. The number of aryl methyl sites for hydroxylation is 1. The Morgan fingerprint density at radius 3 is 2.70 bits per heavy atom. The molecule has 1 aromatic carbocycles. The van der Waals surface area contributed by atoms with Gasteiger partial charge in [0.05, 0.1) is 4.88 Å². The zero-order valence-electron chi connectivity index (χ0n) is 17.5. The Bertz CT molecular complexity index is 964. The molecular weight excluding hydrogens is 398 g/mol. The van der Waals surface area contributed by atoms with Crippen molar-refractivity contribution in [3.63, 3.8) is 0 Å². The van der Waals surface area contributed by atoms with E-state index in [1.54, 1.807) is 11.3 Å². The van der Waals surface area contributed by atoms with Gasteiger partial charge >= 0.3 is 0 Å². The number of nitrogens with zero attached hydrogens (tertiary/aromatic N) is 2. The van der Waals surface area contributed by atoms with E-state index in [9.17, 15) is 4.79 Å².